The van der Waals surface area contributed by atoms with Crippen LogP contribution in [0.5, 0.6) is 0 Å². The summed E-state index contributed by atoms with van der Waals surface area (Å²) in [6, 6.07) is 8.22. The quantitative estimate of drug-likeness (QED) is 0.915. The van der Waals surface area contributed by atoms with Crippen molar-refractivity contribution in [3.05, 3.63) is 53.3 Å². The molecule has 1 unspecified atom stereocenters. The van der Waals surface area contributed by atoms with Crippen LogP contribution in [0.2, 0.25) is 0 Å². The third-order valence-electron chi connectivity index (χ3n) is 4.44. The van der Waals surface area contributed by atoms with Gasteiger partial charge in [-0.15, -0.1) is 0 Å². The van der Waals surface area contributed by atoms with Crippen molar-refractivity contribution in [2.75, 3.05) is 18.4 Å². The van der Waals surface area contributed by atoms with E-state index in [0.717, 1.165) is 30.9 Å². The van der Waals surface area contributed by atoms with E-state index in [1.807, 2.05) is 11.0 Å². The average Bonchev–Trinajstić information content (AvgIpc) is 2.53. The van der Waals surface area contributed by atoms with Crippen molar-refractivity contribution in [2.24, 2.45) is 5.92 Å². The molecule has 3 rings (SSSR count). The number of rotatable bonds is 3. The molecule has 1 amide bonds. The molecule has 24 heavy (non-hydrogen) atoms. The summed E-state index contributed by atoms with van der Waals surface area (Å²) in [7, 11) is 0. The van der Waals surface area contributed by atoms with Gasteiger partial charge in [0.1, 0.15) is 0 Å². The summed E-state index contributed by atoms with van der Waals surface area (Å²) >= 11 is 0. The molecule has 4 nitrogen and oxygen atoms in total. The van der Waals surface area contributed by atoms with Crippen LogP contribution in [0.1, 0.15) is 41.3 Å². The monoisotopic (exact) mass is 323 g/mol. The predicted octanol–water partition coefficient (Wildman–Crippen LogP) is 4.31. The molecule has 1 fully saturated rings. The lowest BCUT2D eigenvalue weighted by Gasteiger charge is -2.31. The van der Waals surface area contributed by atoms with Gasteiger partial charge in [0.2, 0.25) is 0 Å². The van der Waals surface area contributed by atoms with Crippen LogP contribution in [0.15, 0.2) is 36.7 Å². The van der Waals surface area contributed by atoms with E-state index in [2.05, 4.69) is 49.3 Å². The van der Waals surface area contributed by atoms with E-state index in [1.54, 1.807) is 12.4 Å². The molecule has 1 N–H and O–H groups in total. The lowest BCUT2D eigenvalue weighted by molar-refractivity contribution is 0.0682. The van der Waals surface area contributed by atoms with Gasteiger partial charge in [-0.2, -0.15) is 0 Å². The van der Waals surface area contributed by atoms with Crippen LogP contribution < -0.4 is 5.32 Å². The SMILES string of the molecule is Cc1cc(C)cc(Nc2cncc(C(=O)N3CCCC(C)C3)c2)c1. The van der Waals surface area contributed by atoms with Gasteiger partial charge in [-0.25, -0.2) is 0 Å². The summed E-state index contributed by atoms with van der Waals surface area (Å²) in [4.78, 5) is 18.9. The Bertz CT molecular complexity index is 721. The van der Waals surface area contributed by atoms with Crippen molar-refractivity contribution < 1.29 is 4.79 Å². The third-order valence-corrected chi connectivity index (χ3v) is 4.44. The van der Waals surface area contributed by atoms with E-state index in [0.29, 0.717) is 11.5 Å². The maximum absolute atomic E-state index is 12.7. The van der Waals surface area contributed by atoms with Crippen LogP contribution in [0.3, 0.4) is 0 Å². The summed E-state index contributed by atoms with van der Waals surface area (Å²) in [5.41, 5.74) is 4.93. The zero-order valence-electron chi connectivity index (χ0n) is 14.7. The highest BCUT2D eigenvalue weighted by atomic mass is 16.2. The Morgan fingerprint density at radius 2 is 1.88 bits per heavy atom. The normalized spacial score (nSPS) is 17.6. The Balaban J connectivity index is 1.77. The first kappa shape index (κ1) is 16.5. The van der Waals surface area contributed by atoms with E-state index in [1.165, 1.54) is 17.5 Å². The molecule has 1 aliphatic rings. The number of amides is 1. The molecular weight excluding hydrogens is 298 g/mol. The molecule has 2 aromatic rings. The van der Waals surface area contributed by atoms with E-state index < -0.39 is 0 Å². The van der Waals surface area contributed by atoms with Crippen LogP contribution in [0.25, 0.3) is 0 Å². The molecular formula is C20H25N3O. The van der Waals surface area contributed by atoms with Gasteiger partial charge in [-0.1, -0.05) is 13.0 Å². The number of pyridine rings is 1. The minimum absolute atomic E-state index is 0.0816. The fourth-order valence-electron chi connectivity index (χ4n) is 3.40. The highest BCUT2D eigenvalue weighted by molar-refractivity contribution is 5.95. The smallest absolute Gasteiger partial charge is 0.255 e. The summed E-state index contributed by atoms with van der Waals surface area (Å²) in [6.07, 6.45) is 5.71. The van der Waals surface area contributed by atoms with Gasteiger partial charge in [0.15, 0.2) is 0 Å². The Kier molecular flexibility index (Phi) is 4.84. The maximum Gasteiger partial charge on any atom is 0.255 e. The zero-order chi connectivity index (χ0) is 17.1. The number of hydrogen-bond acceptors (Lipinski definition) is 3. The summed E-state index contributed by atoms with van der Waals surface area (Å²) in [5.74, 6) is 0.658. The van der Waals surface area contributed by atoms with Crippen LogP contribution in [0.4, 0.5) is 11.4 Å². The second-order valence-corrected chi connectivity index (χ2v) is 6.96. The minimum atomic E-state index is 0.0816. The number of nitrogens with one attached hydrogen (secondary N) is 1. The summed E-state index contributed by atoms with van der Waals surface area (Å²) in [5, 5.41) is 3.36. The highest BCUT2D eigenvalue weighted by Crippen LogP contribution is 2.22. The van der Waals surface area contributed by atoms with Gasteiger partial charge in [0.25, 0.3) is 5.91 Å². The van der Waals surface area contributed by atoms with E-state index in [-0.39, 0.29) is 5.91 Å². The lowest BCUT2D eigenvalue weighted by atomic mass is 10.00. The molecule has 2 heterocycles. The minimum Gasteiger partial charge on any atom is -0.354 e. The largest absolute Gasteiger partial charge is 0.354 e. The van der Waals surface area contributed by atoms with Crippen LogP contribution in [0, 0.1) is 19.8 Å². The van der Waals surface area contributed by atoms with Crippen LogP contribution in [-0.2, 0) is 0 Å². The summed E-state index contributed by atoms with van der Waals surface area (Å²) in [6.45, 7) is 8.04. The Hall–Kier alpha value is -2.36. The molecule has 1 aliphatic heterocycles. The van der Waals surface area contributed by atoms with Crippen molar-refractivity contribution in [1.29, 1.82) is 0 Å². The second-order valence-electron chi connectivity index (χ2n) is 6.96. The fourth-order valence-corrected chi connectivity index (χ4v) is 3.40. The van der Waals surface area contributed by atoms with Crippen molar-refractivity contribution in [3.63, 3.8) is 0 Å². The first-order valence-electron chi connectivity index (χ1n) is 8.61. The van der Waals surface area contributed by atoms with Crippen molar-refractivity contribution in [1.82, 2.24) is 9.88 Å². The molecule has 0 spiro atoms. The summed E-state index contributed by atoms with van der Waals surface area (Å²) < 4.78 is 0. The number of likely N-dealkylation sites (tertiary alicyclic amines) is 1. The lowest BCUT2D eigenvalue weighted by Crippen LogP contribution is -2.39. The molecule has 1 saturated heterocycles. The number of piperidine rings is 1. The Morgan fingerprint density at radius 1 is 1.12 bits per heavy atom. The molecule has 126 valence electrons. The molecule has 4 heteroatoms. The number of carbonyl (C=O) groups is 1. The number of hydrogen-bond donors (Lipinski definition) is 1. The number of nitrogens with zero attached hydrogens (tertiary/aromatic N) is 2. The first-order chi connectivity index (χ1) is 11.5. The Morgan fingerprint density at radius 3 is 2.58 bits per heavy atom. The van der Waals surface area contributed by atoms with Crippen molar-refractivity contribution in [2.45, 2.75) is 33.6 Å². The zero-order valence-corrected chi connectivity index (χ0v) is 14.7. The van der Waals surface area contributed by atoms with Crippen LogP contribution in [-0.4, -0.2) is 28.9 Å². The van der Waals surface area contributed by atoms with Crippen molar-refractivity contribution >= 4 is 17.3 Å². The van der Waals surface area contributed by atoms with E-state index in [9.17, 15) is 4.79 Å². The van der Waals surface area contributed by atoms with Gasteiger partial charge < -0.3 is 10.2 Å². The van der Waals surface area contributed by atoms with Gasteiger partial charge >= 0.3 is 0 Å². The average molecular weight is 323 g/mol. The van der Waals surface area contributed by atoms with E-state index >= 15 is 0 Å². The molecule has 0 saturated carbocycles. The number of aryl methyl sites for hydroxylation is 2. The number of aromatic nitrogens is 1. The predicted molar refractivity (Wildman–Crippen MR) is 97.7 cm³/mol. The van der Waals surface area contributed by atoms with Gasteiger partial charge in [-0.3, -0.25) is 9.78 Å². The number of anilines is 2. The molecule has 0 bridgehead atoms. The van der Waals surface area contributed by atoms with E-state index in [4.69, 9.17) is 0 Å². The Labute approximate surface area is 143 Å². The standard InChI is InChI=1S/C20H25N3O/c1-14-5-4-6-23(13-14)20(24)17-10-19(12-21-11-17)22-18-8-15(2)7-16(3)9-18/h7-12,14,22H,4-6,13H2,1-3H3. The van der Waals surface area contributed by atoms with Gasteiger partial charge in [0, 0.05) is 25.0 Å². The maximum atomic E-state index is 12.7. The molecule has 1 aromatic carbocycles. The topological polar surface area (TPSA) is 45.2 Å². The van der Waals surface area contributed by atoms with Crippen molar-refractivity contribution in [3.8, 4) is 0 Å². The third kappa shape index (κ3) is 3.94. The number of benzene rings is 1. The number of carbonyl (C=O) groups excluding carboxylic acids is 1. The van der Waals surface area contributed by atoms with Gasteiger partial charge in [0.05, 0.1) is 17.4 Å². The first-order valence-corrected chi connectivity index (χ1v) is 8.61. The molecule has 1 aromatic heterocycles. The molecule has 1 atom stereocenters. The second kappa shape index (κ2) is 7.04. The fraction of sp³-hybridized carbons (Fsp3) is 0.400. The highest BCUT2D eigenvalue weighted by Gasteiger charge is 2.22. The molecule has 0 radical (unpaired) electrons. The van der Waals surface area contributed by atoms with Crippen LogP contribution >= 0.6 is 0 Å². The molecule has 0 aliphatic carbocycles. The van der Waals surface area contributed by atoms with Gasteiger partial charge in [-0.05, 0) is 61.9 Å².